The smallest absolute Gasteiger partial charge is 0.309 e. The number of hydrogen-bond acceptors (Lipinski definition) is 4. The van der Waals surface area contributed by atoms with Crippen molar-refractivity contribution in [2.45, 2.75) is 19.3 Å². The molecule has 2 unspecified atom stereocenters. The Balaban J connectivity index is 1.93. The fraction of sp³-hybridized carbons (Fsp3) is 0.500. The Labute approximate surface area is 121 Å². The van der Waals surface area contributed by atoms with E-state index < -0.39 is 23.8 Å². The number of hydrogen-bond donors (Lipinski definition) is 2. The van der Waals surface area contributed by atoms with Crippen LogP contribution in [0.4, 0.5) is 0 Å². The summed E-state index contributed by atoms with van der Waals surface area (Å²) in [5.41, 5.74) is 0. The maximum atomic E-state index is 12.1. The van der Waals surface area contributed by atoms with Crippen LogP contribution in [0.25, 0.3) is 0 Å². The van der Waals surface area contributed by atoms with Crippen molar-refractivity contribution in [1.82, 2.24) is 4.90 Å². The summed E-state index contributed by atoms with van der Waals surface area (Å²) in [7, 11) is 0. The summed E-state index contributed by atoms with van der Waals surface area (Å²) >= 11 is 0. The number of nitrogens with zero attached hydrogens (tertiary/aromatic N) is 1. The first-order valence-electron chi connectivity index (χ1n) is 6.75. The van der Waals surface area contributed by atoms with Crippen LogP contribution >= 0.6 is 0 Å². The molecule has 2 heterocycles. The third-order valence-electron chi connectivity index (χ3n) is 3.77. The molecule has 2 atom stereocenters. The summed E-state index contributed by atoms with van der Waals surface area (Å²) < 4.78 is 5.14. The van der Waals surface area contributed by atoms with E-state index in [1.165, 1.54) is 11.2 Å². The van der Waals surface area contributed by atoms with E-state index >= 15 is 0 Å². The molecule has 0 bridgehead atoms. The normalized spacial score (nSPS) is 22.0. The molecule has 1 fully saturated rings. The van der Waals surface area contributed by atoms with Gasteiger partial charge in [-0.25, -0.2) is 0 Å². The Morgan fingerprint density at radius 1 is 1.24 bits per heavy atom. The molecule has 1 amide bonds. The third-order valence-corrected chi connectivity index (χ3v) is 3.77. The Morgan fingerprint density at radius 2 is 1.95 bits per heavy atom. The van der Waals surface area contributed by atoms with Crippen LogP contribution in [0.5, 0.6) is 0 Å². The van der Waals surface area contributed by atoms with Crippen LogP contribution in [0.3, 0.4) is 0 Å². The Morgan fingerprint density at radius 3 is 2.52 bits per heavy atom. The van der Waals surface area contributed by atoms with Gasteiger partial charge in [0.1, 0.15) is 5.76 Å². The van der Waals surface area contributed by atoms with Crippen LogP contribution in [-0.4, -0.2) is 46.0 Å². The van der Waals surface area contributed by atoms with E-state index in [9.17, 15) is 14.4 Å². The lowest BCUT2D eigenvalue weighted by Crippen LogP contribution is -2.48. The monoisotopic (exact) mass is 295 g/mol. The van der Waals surface area contributed by atoms with E-state index in [4.69, 9.17) is 14.6 Å². The molecule has 1 aromatic rings. The van der Waals surface area contributed by atoms with Gasteiger partial charge in [-0.2, -0.15) is 0 Å². The molecule has 0 spiro atoms. The Hall–Kier alpha value is -2.31. The summed E-state index contributed by atoms with van der Waals surface area (Å²) in [5.74, 6) is -3.77. The number of furan rings is 1. The van der Waals surface area contributed by atoms with Gasteiger partial charge in [0, 0.05) is 25.9 Å². The maximum Gasteiger partial charge on any atom is 0.309 e. The molecule has 1 aliphatic heterocycles. The van der Waals surface area contributed by atoms with Crippen molar-refractivity contribution < 1.29 is 29.0 Å². The molecule has 1 saturated heterocycles. The first-order valence-corrected chi connectivity index (χ1v) is 6.75. The number of carbonyl (C=O) groups is 3. The fourth-order valence-electron chi connectivity index (χ4n) is 2.57. The van der Waals surface area contributed by atoms with Crippen LogP contribution in [0.1, 0.15) is 18.6 Å². The summed E-state index contributed by atoms with van der Waals surface area (Å²) in [5, 5.41) is 18.2. The number of amides is 1. The summed E-state index contributed by atoms with van der Waals surface area (Å²) in [6.07, 6.45) is 2.36. The van der Waals surface area contributed by atoms with Gasteiger partial charge in [-0.15, -0.1) is 0 Å². The van der Waals surface area contributed by atoms with Gasteiger partial charge in [0.25, 0.3) is 0 Å². The summed E-state index contributed by atoms with van der Waals surface area (Å²) in [6.45, 7) is 0.223. The van der Waals surface area contributed by atoms with Crippen LogP contribution in [0.2, 0.25) is 0 Å². The number of carboxylic acids is 2. The van der Waals surface area contributed by atoms with E-state index in [-0.39, 0.29) is 31.8 Å². The van der Waals surface area contributed by atoms with Crippen molar-refractivity contribution in [3.05, 3.63) is 24.2 Å². The lowest BCUT2D eigenvalue weighted by Gasteiger charge is -2.34. The Kier molecular flexibility index (Phi) is 4.62. The van der Waals surface area contributed by atoms with Crippen molar-refractivity contribution >= 4 is 17.8 Å². The molecule has 1 aromatic heterocycles. The topological polar surface area (TPSA) is 108 Å². The van der Waals surface area contributed by atoms with Crippen LogP contribution in [0.15, 0.2) is 22.8 Å². The number of carboxylic acid groups (broad SMARTS) is 2. The predicted molar refractivity (Wildman–Crippen MR) is 70.5 cm³/mol. The molecule has 0 aliphatic carbocycles. The molecular formula is C14H17NO6. The Bertz CT molecular complexity index is 524. The number of carbonyl (C=O) groups excluding carboxylic acids is 1. The number of rotatable bonds is 5. The number of likely N-dealkylation sites (tertiary alicyclic amines) is 1. The van der Waals surface area contributed by atoms with Crippen molar-refractivity contribution in [3.8, 4) is 0 Å². The first-order chi connectivity index (χ1) is 9.99. The second kappa shape index (κ2) is 6.43. The van der Waals surface area contributed by atoms with Gasteiger partial charge < -0.3 is 19.5 Å². The molecule has 2 N–H and O–H groups in total. The van der Waals surface area contributed by atoms with Crippen LogP contribution in [0, 0.1) is 11.8 Å². The van der Waals surface area contributed by atoms with Crippen LogP contribution < -0.4 is 0 Å². The molecule has 21 heavy (non-hydrogen) atoms. The van der Waals surface area contributed by atoms with Gasteiger partial charge in [0.2, 0.25) is 5.91 Å². The quantitative estimate of drug-likeness (QED) is 0.833. The average Bonchev–Trinajstić information content (AvgIpc) is 2.97. The van der Waals surface area contributed by atoms with Crippen molar-refractivity contribution in [1.29, 1.82) is 0 Å². The highest BCUT2D eigenvalue weighted by Gasteiger charge is 2.39. The molecule has 0 saturated carbocycles. The van der Waals surface area contributed by atoms with Gasteiger partial charge in [0.15, 0.2) is 0 Å². The molecular weight excluding hydrogens is 278 g/mol. The predicted octanol–water partition coefficient (Wildman–Crippen LogP) is 0.846. The zero-order valence-corrected chi connectivity index (χ0v) is 11.4. The highest BCUT2D eigenvalue weighted by atomic mass is 16.4. The van der Waals surface area contributed by atoms with Gasteiger partial charge in [-0.1, -0.05) is 0 Å². The molecule has 7 heteroatoms. The molecule has 0 aromatic carbocycles. The minimum Gasteiger partial charge on any atom is -0.481 e. The SMILES string of the molecule is O=C(O)C1CCN(C(=O)CCc2ccco2)CC1C(=O)O. The van der Waals surface area contributed by atoms with Gasteiger partial charge in [-0.3, -0.25) is 14.4 Å². The van der Waals surface area contributed by atoms with Crippen molar-refractivity contribution in [2.75, 3.05) is 13.1 Å². The molecule has 114 valence electrons. The van der Waals surface area contributed by atoms with E-state index in [2.05, 4.69) is 0 Å². The molecule has 1 aliphatic rings. The summed E-state index contributed by atoms with van der Waals surface area (Å²) in [6, 6.07) is 3.50. The fourth-order valence-corrected chi connectivity index (χ4v) is 2.57. The molecule has 0 radical (unpaired) electrons. The highest BCUT2D eigenvalue weighted by Crippen LogP contribution is 2.25. The number of piperidine rings is 1. The number of aliphatic carboxylic acids is 2. The van der Waals surface area contributed by atoms with E-state index in [1.54, 1.807) is 12.1 Å². The largest absolute Gasteiger partial charge is 0.481 e. The standard InChI is InChI=1S/C14H17NO6/c16-12(4-3-9-2-1-7-21-9)15-6-5-10(13(17)18)11(8-15)14(19)20/h1-2,7,10-11H,3-6,8H2,(H,17,18)(H,19,20). The molecule has 7 nitrogen and oxygen atoms in total. The highest BCUT2D eigenvalue weighted by molar-refractivity contribution is 5.82. The van der Waals surface area contributed by atoms with E-state index in [1.807, 2.05) is 0 Å². The molecule has 2 rings (SSSR count). The van der Waals surface area contributed by atoms with Gasteiger partial charge >= 0.3 is 11.9 Å². The third kappa shape index (κ3) is 3.62. The lowest BCUT2D eigenvalue weighted by molar-refractivity contribution is -0.159. The van der Waals surface area contributed by atoms with E-state index in [0.717, 1.165) is 0 Å². The van der Waals surface area contributed by atoms with Crippen LogP contribution in [-0.2, 0) is 20.8 Å². The second-order valence-corrected chi connectivity index (χ2v) is 5.10. The zero-order chi connectivity index (χ0) is 15.4. The first kappa shape index (κ1) is 15.1. The second-order valence-electron chi connectivity index (χ2n) is 5.10. The van der Waals surface area contributed by atoms with Gasteiger partial charge in [-0.05, 0) is 18.6 Å². The maximum absolute atomic E-state index is 12.1. The average molecular weight is 295 g/mol. The zero-order valence-electron chi connectivity index (χ0n) is 11.4. The van der Waals surface area contributed by atoms with Gasteiger partial charge in [0.05, 0.1) is 18.1 Å². The lowest BCUT2D eigenvalue weighted by atomic mass is 9.85. The van der Waals surface area contributed by atoms with Crippen molar-refractivity contribution in [3.63, 3.8) is 0 Å². The summed E-state index contributed by atoms with van der Waals surface area (Å²) in [4.78, 5) is 35.7. The minimum absolute atomic E-state index is 0.0523. The van der Waals surface area contributed by atoms with E-state index in [0.29, 0.717) is 12.2 Å². The minimum atomic E-state index is -1.18. The van der Waals surface area contributed by atoms with Crippen molar-refractivity contribution in [2.24, 2.45) is 11.8 Å². The number of aryl methyl sites for hydroxylation is 1.